The van der Waals surface area contributed by atoms with E-state index in [9.17, 15) is 0 Å². The lowest BCUT2D eigenvalue weighted by atomic mass is 10.5. The van der Waals surface area contributed by atoms with E-state index in [2.05, 4.69) is 15.1 Å². The van der Waals surface area contributed by atoms with Crippen molar-refractivity contribution in [3.63, 3.8) is 0 Å². The topological polar surface area (TPSA) is 63.3 Å². The Labute approximate surface area is 80.4 Å². The molecule has 0 saturated heterocycles. The van der Waals surface area contributed by atoms with E-state index in [0.29, 0.717) is 5.95 Å². The summed E-state index contributed by atoms with van der Waals surface area (Å²) in [4.78, 5) is 8.15. The third kappa shape index (κ3) is 1.47. The van der Waals surface area contributed by atoms with Gasteiger partial charge in [-0.1, -0.05) is 5.16 Å². The molecule has 0 aromatic carbocycles. The standard InChI is InChI=1S/C9H8N4O/c14-12-7-8-3-1-6-13(8)9-10-4-2-5-11-9/h1-7,14H/b12-7+. The molecule has 0 fully saturated rings. The Morgan fingerprint density at radius 1 is 1.29 bits per heavy atom. The zero-order valence-corrected chi connectivity index (χ0v) is 7.28. The van der Waals surface area contributed by atoms with Crippen LogP contribution in [0.15, 0.2) is 41.9 Å². The summed E-state index contributed by atoms with van der Waals surface area (Å²) in [5.74, 6) is 0.549. The number of nitrogens with zero attached hydrogens (tertiary/aromatic N) is 4. The first-order valence-corrected chi connectivity index (χ1v) is 4.04. The van der Waals surface area contributed by atoms with Gasteiger partial charge in [-0.3, -0.25) is 4.57 Å². The van der Waals surface area contributed by atoms with Crippen LogP contribution in [0.3, 0.4) is 0 Å². The van der Waals surface area contributed by atoms with Gasteiger partial charge in [-0.2, -0.15) is 0 Å². The zero-order chi connectivity index (χ0) is 9.80. The van der Waals surface area contributed by atoms with Crippen molar-refractivity contribution in [2.45, 2.75) is 0 Å². The molecule has 0 aliphatic rings. The van der Waals surface area contributed by atoms with Gasteiger partial charge < -0.3 is 5.21 Å². The second kappa shape index (κ2) is 3.69. The van der Waals surface area contributed by atoms with Gasteiger partial charge in [0.15, 0.2) is 0 Å². The van der Waals surface area contributed by atoms with Crippen molar-refractivity contribution in [1.82, 2.24) is 14.5 Å². The molecule has 2 rings (SSSR count). The van der Waals surface area contributed by atoms with Crippen LogP contribution in [0.4, 0.5) is 0 Å². The number of hydrogen-bond donors (Lipinski definition) is 1. The van der Waals surface area contributed by atoms with E-state index >= 15 is 0 Å². The quantitative estimate of drug-likeness (QED) is 0.435. The zero-order valence-electron chi connectivity index (χ0n) is 7.28. The van der Waals surface area contributed by atoms with Gasteiger partial charge in [0.1, 0.15) is 0 Å². The Balaban J connectivity index is 2.47. The Morgan fingerprint density at radius 2 is 2.07 bits per heavy atom. The summed E-state index contributed by atoms with van der Waals surface area (Å²) in [6, 6.07) is 5.37. The van der Waals surface area contributed by atoms with E-state index in [1.807, 2.05) is 6.07 Å². The number of oxime groups is 1. The van der Waals surface area contributed by atoms with Crippen molar-refractivity contribution in [2.75, 3.05) is 0 Å². The van der Waals surface area contributed by atoms with Gasteiger partial charge in [0, 0.05) is 18.6 Å². The molecule has 0 radical (unpaired) electrons. The molecule has 14 heavy (non-hydrogen) atoms. The molecule has 0 amide bonds. The van der Waals surface area contributed by atoms with Gasteiger partial charge >= 0.3 is 0 Å². The molecule has 70 valence electrons. The van der Waals surface area contributed by atoms with Crippen LogP contribution in [0.2, 0.25) is 0 Å². The lowest BCUT2D eigenvalue weighted by Crippen LogP contribution is -2.02. The van der Waals surface area contributed by atoms with Gasteiger partial charge in [-0.15, -0.1) is 0 Å². The van der Waals surface area contributed by atoms with Gasteiger partial charge in [0.05, 0.1) is 11.9 Å². The Hall–Kier alpha value is -2.17. The monoisotopic (exact) mass is 188 g/mol. The van der Waals surface area contributed by atoms with E-state index in [4.69, 9.17) is 5.21 Å². The molecule has 0 unspecified atom stereocenters. The highest BCUT2D eigenvalue weighted by atomic mass is 16.4. The lowest BCUT2D eigenvalue weighted by molar-refractivity contribution is 0.321. The maximum atomic E-state index is 8.42. The van der Waals surface area contributed by atoms with Crippen LogP contribution in [-0.2, 0) is 0 Å². The van der Waals surface area contributed by atoms with E-state index in [-0.39, 0.29) is 0 Å². The minimum absolute atomic E-state index is 0.549. The predicted octanol–water partition coefficient (Wildman–Crippen LogP) is 1.08. The maximum Gasteiger partial charge on any atom is 0.234 e. The summed E-state index contributed by atoms with van der Waals surface area (Å²) in [6.07, 6.45) is 6.44. The van der Waals surface area contributed by atoms with Crippen molar-refractivity contribution in [3.8, 4) is 5.95 Å². The van der Waals surface area contributed by atoms with Crippen molar-refractivity contribution < 1.29 is 5.21 Å². The van der Waals surface area contributed by atoms with Crippen LogP contribution in [0.1, 0.15) is 5.69 Å². The molecule has 0 aliphatic carbocycles. The normalized spacial score (nSPS) is 10.9. The minimum Gasteiger partial charge on any atom is -0.411 e. The third-order valence-electron chi connectivity index (χ3n) is 1.74. The molecule has 0 aliphatic heterocycles. The molecule has 2 heterocycles. The first-order valence-electron chi connectivity index (χ1n) is 4.04. The van der Waals surface area contributed by atoms with E-state index in [1.54, 1.807) is 35.3 Å². The smallest absolute Gasteiger partial charge is 0.234 e. The second-order valence-electron chi connectivity index (χ2n) is 2.60. The van der Waals surface area contributed by atoms with Crippen LogP contribution >= 0.6 is 0 Å². The number of rotatable bonds is 2. The molecule has 2 aromatic rings. The van der Waals surface area contributed by atoms with E-state index in [0.717, 1.165) is 5.69 Å². The summed E-state index contributed by atoms with van der Waals surface area (Å²) in [6.45, 7) is 0. The van der Waals surface area contributed by atoms with Gasteiger partial charge in [-0.05, 0) is 18.2 Å². The Bertz CT molecular complexity index is 435. The molecule has 0 atom stereocenters. The first kappa shape index (κ1) is 8.43. The van der Waals surface area contributed by atoms with Crippen molar-refractivity contribution in [3.05, 3.63) is 42.5 Å². The highest BCUT2D eigenvalue weighted by molar-refractivity contribution is 5.77. The van der Waals surface area contributed by atoms with E-state index in [1.165, 1.54) is 6.21 Å². The van der Waals surface area contributed by atoms with Crippen LogP contribution in [0.25, 0.3) is 5.95 Å². The first-order chi connectivity index (χ1) is 6.92. The highest BCUT2D eigenvalue weighted by Crippen LogP contribution is 2.04. The van der Waals surface area contributed by atoms with Crippen molar-refractivity contribution in [1.29, 1.82) is 0 Å². The second-order valence-corrected chi connectivity index (χ2v) is 2.60. The fraction of sp³-hybridized carbons (Fsp3) is 0. The fourth-order valence-corrected chi connectivity index (χ4v) is 1.16. The van der Waals surface area contributed by atoms with E-state index < -0.39 is 0 Å². The number of aromatic nitrogens is 3. The molecule has 5 nitrogen and oxygen atoms in total. The average molecular weight is 188 g/mol. The van der Waals surface area contributed by atoms with Crippen LogP contribution < -0.4 is 0 Å². The summed E-state index contributed by atoms with van der Waals surface area (Å²) in [5.41, 5.74) is 0.721. The molecule has 0 bridgehead atoms. The summed E-state index contributed by atoms with van der Waals surface area (Å²) >= 11 is 0. The summed E-state index contributed by atoms with van der Waals surface area (Å²) in [5, 5.41) is 11.4. The SMILES string of the molecule is O/N=C/c1cccn1-c1ncccn1. The van der Waals surface area contributed by atoms with Crippen LogP contribution in [0, 0.1) is 0 Å². The van der Waals surface area contributed by atoms with Gasteiger partial charge in [-0.25, -0.2) is 9.97 Å². The van der Waals surface area contributed by atoms with Crippen molar-refractivity contribution in [2.24, 2.45) is 5.16 Å². The number of hydrogen-bond acceptors (Lipinski definition) is 4. The molecule has 5 heteroatoms. The summed E-state index contributed by atoms with van der Waals surface area (Å²) in [7, 11) is 0. The van der Waals surface area contributed by atoms with Crippen molar-refractivity contribution >= 4 is 6.21 Å². The summed E-state index contributed by atoms with van der Waals surface area (Å²) < 4.78 is 1.72. The third-order valence-corrected chi connectivity index (χ3v) is 1.74. The molecule has 1 N–H and O–H groups in total. The fourth-order valence-electron chi connectivity index (χ4n) is 1.16. The molecule has 2 aromatic heterocycles. The molecular formula is C9H8N4O. The van der Waals surface area contributed by atoms with Crippen LogP contribution in [-0.4, -0.2) is 26.0 Å². The van der Waals surface area contributed by atoms with Gasteiger partial charge in [0.25, 0.3) is 0 Å². The molecular weight excluding hydrogens is 180 g/mol. The Morgan fingerprint density at radius 3 is 2.79 bits per heavy atom. The largest absolute Gasteiger partial charge is 0.411 e. The predicted molar refractivity (Wildman–Crippen MR) is 50.7 cm³/mol. The Kier molecular flexibility index (Phi) is 2.22. The molecule has 0 spiro atoms. The van der Waals surface area contributed by atoms with Gasteiger partial charge in [0.2, 0.25) is 5.95 Å². The maximum absolute atomic E-state index is 8.42. The van der Waals surface area contributed by atoms with Crippen LogP contribution in [0.5, 0.6) is 0 Å². The molecule has 0 saturated carbocycles. The minimum atomic E-state index is 0.549. The average Bonchev–Trinajstić information content (AvgIpc) is 2.68. The lowest BCUT2D eigenvalue weighted by Gasteiger charge is -2.01. The highest BCUT2D eigenvalue weighted by Gasteiger charge is 2.01.